The third-order valence-corrected chi connectivity index (χ3v) is 6.59. The zero-order valence-electron chi connectivity index (χ0n) is 19.3. The standard InChI is InChI=1S/C26H27FN4O2/c1-17-15-30(16-28-17)23-12-7-19(14-24(23)32-4)18(2)22-6-5-13-31-25(22)29-33-26(31,3)20-8-10-21(27)11-9-20/h7-12,14-16H,5-6,13H2,1-4H3/b22-18+. The molecular formula is C26H27FN4O2. The van der Waals surface area contributed by atoms with E-state index in [-0.39, 0.29) is 5.82 Å². The molecule has 0 spiro atoms. The minimum atomic E-state index is -0.754. The van der Waals surface area contributed by atoms with Gasteiger partial charge in [0.2, 0.25) is 5.72 Å². The zero-order valence-corrected chi connectivity index (χ0v) is 19.3. The molecule has 0 amide bonds. The number of halogens is 1. The maximum Gasteiger partial charge on any atom is 0.234 e. The number of nitrogens with zero attached hydrogens (tertiary/aromatic N) is 4. The van der Waals surface area contributed by atoms with Crippen LogP contribution in [-0.2, 0) is 10.6 Å². The lowest BCUT2D eigenvalue weighted by atomic mass is 9.91. The summed E-state index contributed by atoms with van der Waals surface area (Å²) in [4.78, 5) is 12.5. The second-order valence-electron chi connectivity index (χ2n) is 8.66. The second-order valence-corrected chi connectivity index (χ2v) is 8.66. The zero-order chi connectivity index (χ0) is 23.2. The number of amidine groups is 1. The minimum absolute atomic E-state index is 0.264. The number of aryl methyl sites for hydroxylation is 1. The van der Waals surface area contributed by atoms with Gasteiger partial charge in [0.05, 0.1) is 24.8 Å². The molecule has 1 fully saturated rings. The third kappa shape index (κ3) is 3.57. The van der Waals surface area contributed by atoms with E-state index in [9.17, 15) is 4.39 Å². The first kappa shape index (κ1) is 21.2. The van der Waals surface area contributed by atoms with Crippen molar-refractivity contribution in [1.82, 2.24) is 14.5 Å². The second kappa shape index (κ2) is 8.06. The van der Waals surface area contributed by atoms with E-state index in [0.29, 0.717) is 0 Å². The van der Waals surface area contributed by atoms with Crippen molar-refractivity contribution >= 4 is 11.4 Å². The number of fused-ring (bicyclic) bond motifs is 1. The molecule has 0 saturated carbocycles. The largest absolute Gasteiger partial charge is 0.495 e. The highest BCUT2D eigenvalue weighted by Crippen LogP contribution is 2.41. The van der Waals surface area contributed by atoms with Crippen molar-refractivity contribution in [3.63, 3.8) is 0 Å². The Morgan fingerprint density at radius 3 is 2.67 bits per heavy atom. The Kier molecular flexibility index (Phi) is 5.19. The van der Waals surface area contributed by atoms with Gasteiger partial charge in [0.1, 0.15) is 11.6 Å². The van der Waals surface area contributed by atoms with Crippen molar-refractivity contribution < 1.29 is 14.0 Å². The van der Waals surface area contributed by atoms with Crippen LogP contribution in [-0.4, -0.2) is 33.9 Å². The molecule has 2 aliphatic heterocycles. The normalized spacial score (nSPS) is 21.4. The highest BCUT2D eigenvalue weighted by Gasteiger charge is 2.46. The lowest BCUT2D eigenvalue weighted by Gasteiger charge is -2.38. The number of methoxy groups -OCH3 is 1. The van der Waals surface area contributed by atoms with Gasteiger partial charge in [-0.1, -0.05) is 23.4 Å². The third-order valence-electron chi connectivity index (χ3n) is 6.59. The van der Waals surface area contributed by atoms with E-state index in [0.717, 1.165) is 64.6 Å². The number of aromatic nitrogens is 2. The van der Waals surface area contributed by atoms with Crippen LogP contribution >= 0.6 is 0 Å². The topological polar surface area (TPSA) is 51.9 Å². The van der Waals surface area contributed by atoms with Crippen molar-refractivity contribution in [2.45, 2.75) is 39.3 Å². The number of allylic oxidation sites excluding steroid dienone is 1. The fraction of sp³-hybridized carbons (Fsp3) is 0.308. The van der Waals surface area contributed by atoms with E-state index in [1.807, 2.05) is 24.6 Å². The number of benzene rings is 2. The van der Waals surface area contributed by atoms with Gasteiger partial charge in [-0.25, -0.2) is 9.37 Å². The van der Waals surface area contributed by atoms with Gasteiger partial charge in [-0.05, 0) is 62.1 Å². The summed E-state index contributed by atoms with van der Waals surface area (Å²) in [5.74, 6) is 1.36. The average molecular weight is 447 g/mol. The molecule has 1 aromatic heterocycles. The van der Waals surface area contributed by atoms with Crippen molar-refractivity contribution in [2.24, 2.45) is 5.16 Å². The molecule has 0 radical (unpaired) electrons. The number of hydrogen-bond donors (Lipinski definition) is 0. The number of rotatable bonds is 4. The van der Waals surface area contributed by atoms with Gasteiger partial charge in [-0.15, -0.1) is 0 Å². The monoisotopic (exact) mass is 446 g/mol. The summed E-state index contributed by atoms with van der Waals surface area (Å²) in [5.41, 5.74) is 5.37. The van der Waals surface area contributed by atoms with Crippen LogP contribution < -0.4 is 4.74 Å². The first-order valence-electron chi connectivity index (χ1n) is 11.1. The summed E-state index contributed by atoms with van der Waals surface area (Å²) in [7, 11) is 1.68. The van der Waals surface area contributed by atoms with Gasteiger partial charge in [-0.3, -0.25) is 0 Å². The molecule has 3 aromatic rings. The molecule has 2 aliphatic rings. The van der Waals surface area contributed by atoms with Crippen molar-refractivity contribution in [2.75, 3.05) is 13.7 Å². The van der Waals surface area contributed by atoms with Crippen LogP contribution in [0.15, 0.2) is 65.7 Å². The van der Waals surface area contributed by atoms with Gasteiger partial charge in [0.15, 0.2) is 5.84 Å². The molecule has 0 N–H and O–H groups in total. The molecular weight excluding hydrogens is 419 g/mol. The summed E-state index contributed by atoms with van der Waals surface area (Å²) in [6.07, 6.45) is 5.66. The van der Waals surface area contributed by atoms with E-state index in [2.05, 4.69) is 40.2 Å². The van der Waals surface area contributed by atoms with E-state index in [1.54, 1.807) is 25.6 Å². The molecule has 0 aliphatic carbocycles. The molecule has 6 nitrogen and oxygen atoms in total. The van der Waals surface area contributed by atoms with Gasteiger partial charge in [0.25, 0.3) is 0 Å². The molecule has 170 valence electrons. The van der Waals surface area contributed by atoms with Crippen molar-refractivity contribution in [3.8, 4) is 11.4 Å². The Morgan fingerprint density at radius 1 is 1.18 bits per heavy atom. The fourth-order valence-electron chi connectivity index (χ4n) is 4.67. The lowest BCUT2D eigenvalue weighted by Crippen LogP contribution is -2.47. The molecule has 33 heavy (non-hydrogen) atoms. The van der Waals surface area contributed by atoms with Crippen LogP contribution in [0.5, 0.6) is 5.75 Å². The molecule has 1 saturated heterocycles. The maximum absolute atomic E-state index is 13.5. The molecule has 7 heteroatoms. The number of ether oxygens (including phenoxy) is 1. The van der Waals surface area contributed by atoms with E-state index >= 15 is 0 Å². The molecule has 0 bridgehead atoms. The van der Waals surface area contributed by atoms with Crippen LogP contribution in [0.4, 0.5) is 4.39 Å². The molecule has 1 atom stereocenters. The number of hydrogen-bond acceptors (Lipinski definition) is 5. The summed E-state index contributed by atoms with van der Waals surface area (Å²) < 4.78 is 21.2. The fourth-order valence-corrected chi connectivity index (χ4v) is 4.67. The first-order valence-corrected chi connectivity index (χ1v) is 11.1. The van der Waals surface area contributed by atoms with Crippen LogP contribution in [0.25, 0.3) is 11.3 Å². The lowest BCUT2D eigenvalue weighted by molar-refractivity contribution is -0.0913. The summed E-state index contributed by atoms with van der Waals surface area (Å²) in [6.45, 7) is 6.89. The maximum atomic E-state index is 13.5. The number of oxime groups is 1. The summed E-state index contributed by atoms with van der Waals surface area (Å²) in [6, 6.07) is 12.7. The molecule has 5 rings (SSSR count). The quantitative estimate of drug-likeness (QED) is 0.537. The van der Waals surface area contributed by atoms with Crippen LogP contribution in [0, 0.1) is 12.7 Å². The van der Waals surface area contributed by atoms with Crippen molar-refractivity contribution in [3.05, 3.63) is 83.2 Å². The molecule has 3 heterocycles. The average Bonchev–Trinajstić information content (AvgIpc) is 3.42. The predicted octanol–water partition coefficient (Wildman–Crippen LogP) is 5.41. The van der Waals surface area contributed by atoms with E-state index in [4.69, 9.17) is 9.57 Å². The highest BCUT2D eigenvalue weighted by atomic mass is 19.1. The Labute approximate surface area is 192 Å². The SMILES string of the molecule is COc1cc(/C(C)=C2\CCCN3C2=NOC3(C)c2ccc(F)cc2)ccc1-n1cnc(C)c1. The van der Waals surface area contributed by atoms with Crippen LogP contribution in [0.3, 0.4) is 0 Å². The molecule has 1 unspecified atom stereocenters. The smallest absolute Gasteiger partial charge is 0.234 e. The Morgan fingerprint density at radius 2 is 1.97 bits per heavy atom. The number of imidazole rings is 1. The van der Waals surface area contributed by atoms with Gasteiger partial charge < -0.3 is 19.0 Å². The Bertz CT molecular complexity index is 1260. The summed E-state index contributed by atoms with van der Waals surface area (Å²) in [5, 5.41) is 4.50. The van der Waals surface area contributed by atoms with Gasteiger partial charge in [-0.2, -0.15) is 0 Å². The van der Waals surface area contributed by atoms with Crippen LogP contribution in [0.1, 0.15) is 43.5 Å². The summed E-state index contributed by atoms with van der Waals surface area (Å²) >= 11 is 0. The van der Waals surface area contributed by atoms with Crippen LogP contribution in [0.2, 0.25) is 0 Å². The Balaban J connectivity index is 1.50. The first-order chi connectivity index (χ1) is 15.9. The number of piperidine rings is 1. The highest BCUT2D eigenvalue weighted by molar-refractivity contribution is 6.06. The van der Waals surface area contributed by atoms with Crippen molar-refractivity contribution in [1.29, 1.82) is 0 Å². The minimum Gasteiger partial charge on any atom is -0.495 e. The predicted molar refractivity (Wildman–Crippen MR) is 126 cm³/mol. The van der Waals surface area contributed by atoms with E-state index in [1.165, 1.54) is 12.1 Å². The Hall–Kier alpha value is -3.61. The molecule has 2 aromatic carbocycles. The van der Waals surface area contributed by atoms with Gasteiger partial charge in [0, 0.05) is 30.8 Å². The van der Waals surface area contributed by atoms with E-state index < -0.39 is 5.72 Å². The van der Waals surface area contributed by atoms with Gasteiger partial charge >= 0.3 is 0 Å².